The number of nitrogens with two attached hydrogens (primary N) is 1. The van der Waals surface area contributed by atoms with Gasteiger partial charge < -0.3 is 16.0 Å². The minimum absolute atomic E-state index is 0.0186. The first-order chi connectivity index (χ1) is 8.97. The Balaban J connectivity index is 2.66. The summed E-state index contributed by atoms with van der Waals surface area (Å²) in [6, 6.07) is 0.112. The zero-order valence-electron chi connectivity index (χ0n) is 12.3. The highest BCUT2D eigenvalue weighted by atomic mass is 16.2. The molecule has 1 saturated carbocycles. The lowest BCUT2D eigenvalue weighted by Crippen LogP contribution is -2.46. The predicted octanol–water partition coefficient (Wildman–Crippen LogP) is 0.735. The van der Waals surface area contributed by atoms with Gasteiger partial charge in [-0.3, -0.25) is 9.59 Å². The molecule has 19 heavy (non-hydrogen) atoms. The highest BCUT2D eigenvalue weighted by molar-refractivity contribution is 5.85. The Morgan fingerprint density at radius 2 is 2.00 bits per heavy atom. The number of likely N-dealkylation sites (N-methyl/N-ethyl adjacent to an activating group) is 1. The number of hydrogen-bond acceptors (Lipinski definition) is 3. The van der Waals surface area contributed by atoms with Crippen LogP contribution in [0, 0.1) is 11.8 Å². The Morgan fingerprint density at radius 3 is 2.53 bits per heavy atom. The lowest BCUT2D eigenvalue weighted by atomic mass is 9.79. The van der Waals surface area contributed by atoms with E-state index in [1.807, 2.05) is 6.92 Å². The van der Waals surface area contributed by atoms with E-state index in [0.29, 0.717) is 12.5 Å². The first-order valence-electron chi connectivity index (χ1n) is 7.22. The molecule has 2 amide bonds. The summed E-state index contributed by atoms with van der Waals surface area (Å²) in [4.78, 5) is 25.7. The van der Waals surface area contributed by atoms with Gasteiger partial charge in [0.2, 0.25) is 11.8 Å². The van der Waals surface area contributed by atoms with E-state index in [-0.39, 0.29) is 30.3 Å². The number of carbonyl (C=O) groups excluding carboxylic acids is 2. The van der Waals surface area contributed by atoms with E-state index in [1.165, 1.54) is 0 Å². The summed E-state index contributed by atoms with van der Waals surface area (Å²) in [5.74, 6) is 0.443. The molecule has 0 spiro atoms. The SMILES string of the molecule is CCCN(CC(=O)NC)C(=O)C1CC(C)CC(N)C1. The van der Waals surface area contributed by atoms with Gasteiger partial charge in [0.15, 0.2) is 0 Å². The van der Waals surface area contributed by atoms with Crippen LogP contribution in [-0.2, 0) is 9.59 Å². The van der Waals surface area contributed by atoms with E-state index in [2.05, 4.69) is 12.2 Å². The van der Waals surface area contributed by atoms with Crippen LogP contribution in [0.5, 0.6) is 0 Å². The fourth-order valence-electron chi connectivity index (χ4n) is 2.91. The van der Waals surface area contributed by atoms with Gasteiger partial charge in [0.25, 0.3) is 0 Å². The average molecular weight is 269 g/mol. The van der Waals surface area contributed by atoms with Gasteiger partial charge in [-0.05, 0) is 31.6 Å². The van der Waals surface area contributed by atoms with Crippen molar-refractivity contribution in [3.8, 4) is 0 Å². The molecule has 1 aliphatic rings. The van der Waals surface area contributed by atoms with Crippen LogP contribution in [0.15, 0.2) is 0 Å². The van der Waals surface area contributed by atoms with Crippen LogP contribution in [0.25, 0.3) is 0 Å². The quantitative estimate of drug-likeness (QED) is 0.773. The monoisotopic (exact) mass is 269 g/mol. The molecule has 1 fully saturated rings. The van der Waals surface area contributed by atoms with Gasteiger partial charge in [0.1, 0.15) is 0 Å². The summed E-state index contributed by atoms with van der Waals surface area (Å²) in [6.45, 7) is 4.94. The third-order valence-electron chi connectivity index (χ3n) is 3.75. The molecule has 0 aromatic heterocycles. The van der Waals surface area contributed by atoms with E-state index >= 15 is 0 Å². The van der Waals surface area contributed by atoms with E-state index in [4.69, 9.17) is 5.73 Å². The van der Waals surface area contributed by atoms with Crippen molar-refractivity contribution < 1.29 is 9.59 Å². The fourth-order valence-corrected chi connectivity index (χ4v) is 2.91. The van der Waals surface area contributed by atoms with E-state index in [0.717, 1.165) is 25.7 Å². The van der Waals surface area contributed by atoms with Crippen LogP contribution >= 0.6 is 0 Å². The minimum Gasteiger partial charge on any atom is -0.358 e. The Labute approximate surface area is 115 Å². The van der Waals surface area contributed by atoms with Crippen molar-refractivity contribution in [1.82, 2.24) is 10.2 Å². The minimum atomic E-state index is -0.116. The molecular formula is C14H27N3O2. The number of nitrogens with one attached hydrogen (secondary N) is 1. The molecule has 0 heterocycles. The third kappa shape index (κ3) is 4.82. The third-order valence-corrected chi connectivity index (χ3v) is 3.75. The second kappa shape index (κ2) is 7.48. The van der Waals surface area contributed by atoms with Crippen LogP contribution < -0.4 is 11.1 Å². The topological polar surface area (TPSA) is 75.4 Å². The standard InChI is InChI=1S/C14H27N3O2/c1-4-5-17(9-13(18)16-3)14(19)11-6-10(2)7-12(15)8-11/h10-12H,4-9,15H2,1-3H3,(H,16,18). The second-order valence-electron chi connectivity index (χ2n) is 5.70. The van der Waals surface area contributed by atoms with Crippen molar-refractivity contribution in [3.05, 3.63) is 0 Å². The number of carbonyl (C=O) groups is 2. The van der Waals surface area contributed by atoms with Gasteiger partial charge >= 0.3 is 0 Å². The van der Waals surface area contributed by atoms with Crippen molar-refractivity contribution in [2.45, 2.75) is 45.6 Å². The molecule has 3 unspecified atom stereocenters. The average Bonchev–Trinajstić information content (AvgIpc) is 2.36. The summed E-state index contributed by atoms with van der Waals surface area (Å²) in [7, 11) is 1.59. The molecule has 3 N–H and O–H groups in total. The summed E-state index contributed by atoms with van der Waals surface area (Å²) >= 11 is 0. The summed E-state index contributed by atoms with van der Waals surface area (Å²) in [6.07, 6.45) is 3.49. The van der Waals surface area contributed by atoms with Crippen molar-refractivity contribution in [2.75, 3.05) is 20.1 Å². The lowest BCUT2D eigenvalue weighted by Gasteiger charge is -2.34. The Morgan fingerprint density at radius 1 is 1.32 bits per heavy atom. The maximum absolute atomic E-state index is 12.5. The van der Waals surface area contributed by atoms with Gasteiger partial charge in [-0.1, -0.05) is 13.8 Å². The largest absolute Gasteiger partial charge is 0.358 e. The highest BCUT2D eigenvalue weighted by Crippen LogP contribution is 2.29. The molecule has 110 valence electrons. The molecule has 1 rings (SSSR count). The molecule has 0 saturated heterocycles. The molecule has 0 aliphatic heterocycles. The van der Waals surface area contributed by atoms with Gasteiger partial charge in [-0.15, -0.1) is 0 Å². The van der Waals surface area contributed by atoms with Crippen LogP contribution in [0.4, 0.5) is 0 Å². The zero-order chi connectivity index (χ0) is 14.4. The predicted molar refractivity (Wildman–Crippen MR) is 75.4 cm³/mol. The van der Waals surface area contributed by atoms with Crippen LogP contribution in [0.1, 0.15) is 39.5 Å². The summed E-state index contributed by atoms with van der Waals surface area (Å²) in [5.41, 5.74) is 6.00. The summed E-state index contributed by atoms with van der Waals surface area (Å²) < 4.78 is 0. The maximum Gasteiger partial charge on any atom is 0.239 e. The number of rotatable bonds is 5. The Kier molecular flexibility index (Phi) is 6.28. The second-order valence-corrected chi connectivity index (χ2v) is 5.70. The Hall–Kier alpha value is -1.10. The molecule has 0 aromatic rings. The summed E-state index contributed by atoms with van der Waals surface area (Å²) in [5, 5.41) is 2.57. The highest BCUT2D eigenvalue weighted by Gasteiger charge is 2.32. The molecule has 3 atom stereocenters. The van der Waals surface area contributed by atoms with Gasteiger partial charge in [-0.2, -0.15) is 0 Å². The first kappa shape index (κ1) is 16.0. The number of nitrogens with zero attached hydrogens (tertiary/aromatic N) is 1. The zero-order valence-corrected chi connectivity index (χ0v) is 12.3. The molecule has 5 nitrogen and oxygen atoms in total. The van der Waals surface area contributed by atoms with Crippen molar-refractivity contribution in [3.63, 3.8) is 0 Å². The van der Waals surface area contributed by atoms with Crippen molar-refractivity contribution >= 4 is 11.8 Å². The van der Waals surface area contributed by atoms with Crippen molar-refractivity contribution in [1.29, 1.82) is 0 Å². The fraction of sp³-hybridized carbons (Fsp3) is 0.857. The Bertz CT molecular complexity index is 310. The molecule has 0 bridgehead atoms. The van der Waals surface area contributed by atoms with Gasteiger partial charge in [-0.25, -0.2) is 0 Å². The molecule has 5 heteroatoms. The molecule has 1 aliphatic carbocycles. The smallest absolute Gasteiger partial charge is 0.239 e. The van der Waals surface area contributed by atoms with Crippen LogP contribution in [0.2, 0.25) is 0 Å². The van der Waals surface area contributed by atoms with Gasteiger partial charge in [0.05, 0.1) is 6.54 Å². The van der Waals surface area contributed by atoms with Gasteiger partial charge in [0, 0.05) is 25.6 Å². The first-order valence-corrected chi connectivity index (χ1v) is 7.22. The van der Waals surface area contributed by atoms with E-state index < -0.39 is 0 Å². The normalized spacial score (nSPS) is 26.8. The van der Waals surface area contributed by atoms with Crippen LogP contribution in [0.3, 0.4) is 0 Å². The van der Waals surface area contributed by atoms with E-state index in [1.54, 1.807) is 11.9 Å². The van der Waals surface area contributed by atoms with Crippen LogP contribution in [-0.4, -0.2) is 42.9 Å². The number of amides is 2. The number of hydrogen-bond donors (Lipinski definition) is 2. The van der Waals surface area contributed by atoms with E-state index in [9.17, 15) is 9.59 Å². The molecular weight excluding hydrogens is 242 g/mol. The lowest BCUT2D eigenvalue weighted by molar-refractivity contribution is -0.140. The maximum atomic E-state index is 12.5. The molecule has 0 aromatic carbocycles. The molecule has 0 radical (unpaired) electrons. The van der Waals surface area contributed by atoms with Crippen molar-refractivity contribution in [2.24, 2.45) is 17.6 Å².